The van der Waals surface area contributed by atoms with Crippen LogP contribution in [0.1, 0.15) is 131 Å². The van der Waals surface area contributed by atoms with Crippen molar-refractivity contribution in [3.05, 3.63) is 89.5 Å². The zero-order chi connectivity index (χ0) is 24.9. The van der Waals surface area contributed by atoms with Crippen LogP contribution in [0.15, 0.2) is 72.8 Å². The minimum absolute atomic E-state index is 0.755. The van der Waals surface area contributed by atoms with E-state index in [0.29, 0.717) is 0 Å². The molecule has 3 saturated carbocycles. The van der Waals surface area contributed by atoms with E-state index < -0.39 is 14.7 Å². The molecular formula is C36H45As. The molecule has 0 aromatic heterocycles. The molecule has 0 N–H and O–H groups in total. The third kappa shape index (κ3) is 5.66. The van der Waals surface area contributed by atoms with Crippen molar-refractivity contribution in [3.8, 4) is 0 Å². The summed E-state index contributed by atoms with van der Waals surface area (Å²) in [4.78, 5) is 0. The summed E-state index contributed by atoms with van der Waals surface area (Å²) in [7, 11) is 0. The second-order valence-electron chi connectivity index (χ2n) is 12.0. The van der Waals surface area contributed by atoms with Gasteiger partial charge in [-0.2, -0.15) is 0 Å². The van der Waals surface area contributed by atoms with Gasteiger partial charge in [0, 0.05) is 0 Å². The van der Waals surface area contributed by atoms with Gasteiger partial charge in [0.05, 0.1) is 0 Å². The van der Waals surface area contributed by atoms with Crippen LogP contribution in [0.25, 0.3) is 0 Å². The monoisotopic (exact) mass is 552 g/mol. The van der Waals surface area contributed by atoms with Crippen LogP contribution in [0.3, 0.4) is 0 Å². The van der Waals surface area contributed by atoms with Gasteiger partial charge in [-0.25, -0.2) is 0 Å². The zero-order valence-corrected chi connectivity index (χ0v) is 24.6. The summed E-state index contributed by atoms with van der Waals surface area (Å²) < 4.78 is 5.23. The van der Waals surface area contributed by atoms with Gasteiger partial charge in [-0.1, -0.05) is 0 Å². The van der Waals surface area contributed by atoms with Gasteiger partial charge in [0.1, 0.15) is 0 Å². The fourth-order valence-electron chi connectivity index (χ4n) is 7.74. The zero-order valence-electron chi connectivity index (χ0n) is 22.7. The Labute approximate surface area is 230 Å². The molecule has 0 heterocycles. The Morgan fingerprint density at radius 3 is 0.919 bits per heavy atom. The SMILES string of the molecule is c1ccc([As](c2ccccc2C2CCCCC2)c2ccccc2C2CCCCC2)c(C2CCCCC2)c1. The van der Waals surface area contributed by atoms with Gasteiger partial charge in [-0.15, -0.1) is 0 Å². The molecule has 0 spiro atoms. The van der Waals surface area contributed by atoms with Crippen molar-refractivity contribution in [2.45, 2.75) is 114 Å². The van der Waals surface area contributed by atoms with E-state index in [0.717, 1.165) is 17.8 Å². The van der Waals surface area contributed by atoms with Crippen LogP contribution in [-0.2, 0) is 0 Å². The first-order chi connectivity index (χ1) is 18.4. The number of rotatable bonds is 6. The van der Waals surface area contributed by atoms with Crippen molar-refractivity contribution in [3.63, 3.8) is 0 Å². The van der Waals surface area contributed by atoms with Gasteiger partial charge in [0.2, 0.25) is 0 Å². The van der Waals surface area contributed by atoms with Crippen LogP contribution in [0.5, 0.6) is 0 Å². The summed E-state index contributed by atoms with van der Waals surface area (Å²) in [5.74, 6) is 2.27. The summed E-state index contributed by atoms with van der Waals surface area (Å²) in [5.41, 5.74) is 5.12. The molecular weight excluding hydrogens is 507 g/mol. The second kappa shape index (κ2) is 12.4. The van der Waals surface area contributed by atoms with Crippen molar-refractivity contribution in [2.75, 3.05) is 0 Å². The normalized spacial score (nSPS) is 20.4. The molecule has 3 fully saturated rings. The molecule has 37 heavy (non-hydrogen) atoms. The average Bonchev–Trinajstić information content (AvgIpc) is 2.99. The van der Waals surface area contributed by atoms with Gasteiger partial charge >= 0.3 is 231 Å². The van der Waals surface area contributed by atoms with Crippen molar-refractivity contribution < 1.29 is 0 Å². The molecule has 1 heteroatoms. The van der Waals surface area contributed by atoms with Crippen molar-refractivity contribution in [2.24, 2.45) is 0 Å². The Balaban J connectivity index is 1.53. The maximum absolute atomic E-state index is 2.57. The molecule has 0 bridgehead atoms. The Bertz CT molecular complexity index is 998. The van der Waals surface area contributed by atoms with Crippen LogP contribution in [0, 0.1) is 0 Å². The molecule has 0 nitrogen and oxygen atoms in total. The molecule has 3 aromatic rings. The first-order valence-corrected chi connectivity index (χ1v) is 18.3. The summed E-state index contributed by atoms with van der Waals surface area (Å²) in [5, 5.41) is 0. The molecule has 0 unspecified atom stereocenters. The molecule has 6 rings (SSSR count). The summed E-state index contributed by atoms with van der Waals surface area (Å²) >= 11 is -1.74. The van der Waals surface area contributed by atoms with E-state index in [1.54, 1.807) is 29.7 Å². The molecule has 0 saturated heterocycles. The van der Waals surface area contributed by atoms with E-state index in [1.807, 2.05) is 0 Å². The Hall–Kier alpha value is -1.78. The summed E-state index contributed by atoms with van der Waals surface area (Å²) in [6.07, 6.45) is 21.0. The van der Waals surface area contributed by atoms with Crippen molar-refractivity contribution in [1.29, 1.82) is 0 Å². The van der Waals surface area contributed by atoms with E-state index >= 15 is 0 Å². The Morgan fingerprint density at radius 2 is 0.622 bits per heavy atom. The molecule has 0 atom stereocenters. The van der Waals surface area contributed by atoms with Crippen molar-refractivity contribution >= 4 is 27.7 Å². The topological polar surface area (TPSA) is 0 Å². The molecule has 3 aliphatic carbocycles. The van der Waals surface area contributed by atoms with Gasteiger partial charge < -0.3 is 0 Å². The van der Waals surface area contributed by atoms with Crippen molar-refractivity contribution in [1.82, 2.24) is 0 Å². The van der Waals surface area contributed by atoms with Crippen LogP contribution in [0.4, 0.5) is 0 Å². The third-order valence-electron chi connectivity index (χ3n) is 9.67. The van der Waals surface area contributed by atoms with Gasteiger partial charge in [0.25, 0.3) is 0 Å². The molecule has 3 aliphatic rings. The molecule has 3 aromatic carbocycles. The van der Waals surface area contributed by atoms with E-state index in [2.05, 4.69) is 72.8 Å². The molecule has 194 valence electrons. The van der Waals surface area contributed by atoms with E-state index in [4.69, 9.17) is 0 Å². The van der Waals surface area contributed by atoms with Crippen LogP contribution < -0.4 is 13.1 Å². The van der Waals surface area contributed by atoms with Crippen LogP contribution in [0.2, 0.25) is 0 Å². The van der Waals surface area contributed by atoms with Gasteiger partial charge in [0.15, 0.2) is 0 Å². The molecule has 0 amide bonds. The number of hydrogen-bond donors (Lipinski definition) is 0. The average molecular weight is 553 g/mol. The fourth-order valence-corrected chi connectivity index (χ4v) is 14.1. The predicted molar refractivity (Wildman–Crippen MR) is 161 cm³/mol. The van der Waals surface area contributed by atoms with Gasteiger partial charge in [-0.05, 0) is 0 Å². The first kappa shape index (κ1) is 25.5. The fraction of sp³-hybridized carbons (Fsp3) is 0.500. The third-order valence-corrected chi connectivity index (χ3v) is 15.3. The molecule has 0 radical (unpaired) electrons. The second-order valence-corrected chi connectivity index (χ2v) is 16.5. The summed E-state index contributed by atoms with van der Waals surface area (Å²) in [6.45, 7) is 0. The first-order valence-electron chi connectivity index (χ1n) is 15.5. The van der Waals surface area contributed by atoms with Gasteiger partial charge in [-0.3, -0.25) is 0 Å². The quantitative estimate of drug-likeness (QED) is 0.270. The summed E-state index contributed by atoms with van der Waals surface area (Å²) in [6, 6.07) is 29.4. The standard InChI is InChI=1S/C36H45As/c1-4-16-28(17-5-1)31-22-10-13-25-34(31)37(35-26-14-11-23-32(35)29-18-6-2-7-19-29)36-27-15-12-24-33(36)30-20-8-3-9-21-30/h10-15,22-30H,1-9,16-21H2. The van der Waals surface area contributed by atoms with E-state index in [9.17, 15) is 0 Å². The minimum atomic E-state index is -1.74. The maximum atomic E-state index is 2.57. The van der Waals surface area contributed by atoms with E-state index in [1.165, 1.54) is 96.3 Å². The molecule has 0 aliphatic heterocycles. The predicted octanol–water partition coefficient (Wildman–Crippen LogP) is 8.35. The Kier molecular flexibility index (Phi) is 8.53. The number of hydrogen-bond acceptors (Lipinski definition) is 0. The van der Waals surface area contributed by atoms with E-state index in [-0.39, 0.29) is 0 Å². The van der Waals surface area contributed by atoms with Crippen LogP contribution in [-0.4, -0.2) is 14.7 Å². The van der Waals surface area contributed by atoms with Crippen LogP contribution >= 0.6 is 0 Å². The Morgan fingerprint density at radius 1 is 0.351 bits per heavy atom. The number of benzene rings is 3.